The quantitative estimate of drug-likeness (QED) is 0.124. The lowest BCUT2D eigenvalue weighted by Crippen LogP contribution is -2.00. The van der Waals surface area contributed by atoms with E-state index in [9.17, 15) is 0 Å². The van der Waals surface area contributed by atoms with Crippen LogP contribution in [0.1, 0.15) is 22.3 Å². The summed E-state index contributed by atoms with van der Waals surface area (Å²) >= 11 is 0. The van der Waals surface area contributed by atoms with Gasteiger partial charge in [-0.1, -0.05) is 363 Å². The standard InChI is InChI=1S/C43H30N2.C37H26N2.C31H22N2.C25H19N/c1-29-24-32(30-12-10-14-34(27-30)44-40-20-6-2-16-36(40)37-17-3-7-21-41(37)44)26-33(25-29)31-13-11-15-35(28-31)45-42-22-8-4-18-38(42)39-19-5-9-23-43(39)45;1-25-11-10-12-26(21-25)27-22-28(38-34-17-6-2-13-30(34)31-14-3-7-18-35(31)38)24-29(23-27)39-36-19-8-4-15-32(36)33-16-5-9-20-37(33)39;1-21-18-22(32-28-14-6-2-10-24(28)25-11-3-7-15-29(25)32)20-23(19-21)33-30-16-8-4-12-26(30)27-13-5-9-17-31(27)33;1-18-10-12-19(13-11-18)20-14-16-21(17-15-20)26-24-8-4-2-6-22(24)23-7-3-5-9-25(23)26/h2-28H,1H3;2-24H,1H3;2-20H,1H3;2-17H,1H3. The highest BCUT2D eigenvalue weighted by molar-refractivity contribution is 6.16. The van der Waals surface area contributed by atoms with Gasteiger partial charge >= 0.3 is 0 Å². The average molecular weight is 1830 g/mol. The molecule has 0 radical (unpaired) electrons. The lowest BCUT2D eigenvalue weighted by Gasteiger charge is -2.16. The number of hydrogen-bond acceptors (Lipinski definition) is 0. The molecule has 0 amide bonds. The Hall–Kier alpha value is -18.6. The zero-order valence-electron chi connectivity index (χ0n) is 79.7. The topological polar surface area (TPSA) is 34.5 Å². The van der Waals surface area contributed by atoms with Gasteiger partial charge in [-0.2, -0.15) is 0 Å². The van der Waals surface area contributed by atoms with Crippen LogP contribution in [0.5, 0.6) is 0 Å². The molecule has 29 rings (SSSR count). The number of aromatic nitrogens is 7. The minimum absolute atomic E-state index is 1.16. The van der Waals surface area contributed by atoms with E-state index in [4.69, 9.17) is 0 Å². The van der Waals surface area contributed by atoms with Crippen molar-refractivity contribution in [2.45, 2.75) is 27.7 Å². The molecule has 29 aromatic rings. The number of fused-ring (bicyclic) bond motifs is 21. The number of aryl methyl sites for hydroxylation is 4. The Morgan fingerprint density at radius 3 is 0.545 bits per heavy atom. The van der Waals surface area contributed by atoms with E-state index < -0.39 is 0 Å². The molecule has 676 valence electrons. The second-order valence-electron chi connectivity index (χ2n) is 37.8. The van der Waals surface area contributed by atoms with Crippen LogP contribution in [0.2, 0.25) is 0 Å². The summed E-state index contributed by atoms with van der Waals surface area (Å²) in [5.41, 5.74) is 40.2. The maximum absolute atomic E-state index is 2.42. The van der Waals surface area contributed by atoms with Crippen LogP contribution < -0.4 is 0 Å². The molecule has 0 fully saturated rings. The van der Waals surface area contributed by atoms with E-state index in [2.05, 4.69) is 575 Å². The summed E-state index contributed by atoms with van der Waals surface area (Å²) in [7, 11) is 0. The molecule has 7 heterocycles. The highest BCUT2D eigenvalue weighted by atomic mass is 15.0. The first-order chi connectivity index (χ1) is 70.6. The van der Waals surface area contributed by atoms with E-state index in [0.717, 1.165) is 11.4 Å². The molecule has 0 saturated carbocycles. The van der Waals surface area contributed by atoms with Crippen molar-refractivity contribution in [1.82, 2.24) is 32.0 Å². The van der Waals surface area contributed by atoms with Gasteiger partial charge in [-0.15, -0.1) is 0 Å². The molecule has 0 aliphatic rings. The van der Waals surface area contributed by atoms with Gasteiger partial charge in [-0.05, 0) is 247 Å². The number of hydrogen-bond donors (Lipinski definition) is 0. The molecule has 7 nitrogen and oxygen atoms in total. The molecular formula is C136H97N7. The Labute approximate surface area is 828 Å². The van der Waals surface area contributed by atoms with Crippen LogP contribution in [0.3, 0.4) is 0 Å². The van der Waals surface area contributed by atoms with Crippen molar-refractivity contribution in [2.24, 2.45) is 0 Å². The molecule has 22 aromatic carbocycles. The van der Waals surface area contributed by atoms with E-state index in [0.29, 0.717) is 0 Å². The Morgan fingerprint density at radius 2 is 0.287 bits per heavy atom. The van der Waals surface area contributed by atoms with Crippen LogP contribution in [-0.4, -0.2) is 32.0 Å². The second-order valence-corrected chi connectivity index (χ2v) is 37.8. The van der Waals surface area contributed by atoms with Crippen molar-refractivity contribution in [3.63, 3.8) is 0 Å². The summed E-state index contributed by atoms with van der Waals surface area (Å²) < 4.78 is 16.8. The lowest BCUT2D eigenvalue weighted by atomic mass is 9.96. The Morgan fingerprint density at radius 1 is 0.0979 bits per heavy atom. The molecule has 0 atom stereocenters. The van der Waals surface area contributed by atoms with Crippen molar-refractivity contribution in [3.05, 3.63) is 538 Å². The van der Waals surface area contributed by atoms with E-state index in [1.165, 1.54) is 248 Å². The first-order valence-corrected chi connectivity index (χ1v) is 49.3. The van der Waals surface area contributed by atoms with Gasteiger partial charge in [0.2, 0.25) is 0 Å². The van der Waals surface area contributed by atoms with E-state index >= 15 is 0 Å². The van der Waals surface area contributed by atoms with Gasteiger partial charge in [0, 0.05) is 115 Å². The Balaban J connectivity index is 0.0000000992. The van der Waals surface area contributed by atoms with Crippen molar-refractivity contribution < 1.29 is 0 Å². The monoisotopic (exact) mass is 1830 g/mol. The second kappa shape index (κ2) is 35.5. The molecule has 7 aromatic heterocycles. The lowest BCUT2D eigenvalue weighted by molar-refractivity contribution is 1.12. The highest BCUT2D eigenvalue weighted by Crippen LogP contribution is 2.44. The van der Waals surface area contributed by atoms with Gasteiger partial charge in [0.1, 0.15) is 0 Å². The third kappa shape index (κ3) is 14.9. The summed E-state index contributed by atoms with van der Waals surface area (Å²) in [4.78, 5) is 0. The zero-order valence-corrected chi connectivity index (χ0v) is 79.7. The van der Waals surface area contributed by atoms with Crippen LogP contribution in [-0.2, 0) is 0 Å². The van der Waals surface area contributed by atoms with Gasteiger partial charge < -0.3 is 32.0 Å². The maximum atomic E-state index is 2.42. The smallest absolute Gasteiger partial charge is 0.0541 e. The summed E-state index contributed by atoms with van der Waals surface area (Å²) in [6.45, 7) is 8.67. The van der Waals surface area contributed by atoms with Crippen molar-refractivity contribution in [2.75, 3.05) is 0 Å². The van der Waals surface area contributed by atoms with Gasteiger partial charge in [0.05, 0.1) is 77.2 Å². The SMILES string of the molecule is Cc1cc(-c2cccc(-n3c4ccccc4c4ccccc43)c2)cc(-c2cccc(-n3c4ccccc4c4ccccc43)c2)c1.Cc1cc(-n2c3ccccc3c3ccccc32)cc(-n2c3ccccc3c3ccccc32)c1.Cc1ccc(-c2ccc(-n3c4ccccc4c4ccccc43)cc2)cc1.Cc1cccc(-c2cc(-n3c4ccccc4c4ccccc43)cc(-n3c4ccccc4c4ccccc43)c2)c1. The van der Waals surface area contributed by atoms with Crippen molar-refractivity contribution >= 4 is 153 Å². The van der Waals surface area contributed by atoms with Gasteiger partial charge in [0.25, 0.3) is 0 Å². The normalized spacial score (nSPS) is 11.6. The first-order valence-electron chi connectivity index (χ1n) is 49.3. The van der Waals surface area contributed by atoms with Gasteiger partial charge in [-0.3, -0.25) is 0 Å². The Kier molecular flexibility index (Phi) is 21.1. The number of benzene rings is 22. The highest BCUT2D eigenvalue weighted by Gasteiger charge is 2.23. The number of para-hydroxylation sites is 14. The van der Waals surface area contributed by atoms with Crippen molar-refractivity contribution in [3.8, 4) is 84.3 Å². The largest absolute Gasteiger partial charge is 0.309 e. The fraction of sp³-hybridized carbons (Fsp3) is 0.0294. The molecule has 0 saturated heterocycles. The molecular weight excluding hydrogens is 1730 g/mol. The summed E-state index contributed by atoms with van der Waals surface area (Å²) in [5, 5.41) is 17.9. The summed E-state index contributed by atoms with van der Waals surface area (Å²) in [6, 6.07) is 187. The maximum Gasteiger partial charge on any atom is 0.0541 e. The minimum Gasteiger partial charge on any atom is -0.309 e. The van der Waals surface area contributed by atoms with Crippen LogP contribution in [0.4, 0.5) is 0 Å². The van der Waals surface area contributed by atoms with Crippen LogP contribution in [0, 0.1) is 27.7 Å². The predicted octanol–water partition coefficient (Wildman–Crippen LogP) is 36.3. The van der Waals surface area contributed by atoms with Gasteiger partial charge in [0.15, 0.2) is 0 Å². The van der Waals surface area contributed by atoms with Crippen LogP contribution >= 0.6 is 0 Å². The molecule has 0 aliphatic carbocycles. The number of rotatable bonds is 11. The molecule has 0 aliphatic heterocycles. The molecule has 0 spiro atoms. The molecule has 7 heteroatoms. The van der Waals surface area contributed by atoms with E-state index in [-0.39, 0.29) is 0 Å². The first kappa shape index (κ1) is 84.9. The summed E-state index contributed by atoms with van der Waals surface area (Å²) in [5.74, 6) is 0. The van der Waals surface area contributed by atoms with E-state index in [1.807, 2.05) is 0 Å². The molecule has 0 unspecified atom stereocenters. The number of nitrogens with zero attached hydrogens (tertiary/aromatic N) is 7. The fourth-order valence-electron chi connectivity index (χ4n) is 22.6. The third-order valence-electron chi connectivity index (χ3n) is 28.9. The minimum atomic E-state index is 1.16. The molecule has 143 heavy (non-hydrogen) atoms. The summed E-state index contributed by atoms with van der Waals surface area (Å²) in [6.07, 6.45) is 0. The third-order valence-corrected chi connectivity index (χ3v) is 28.9. The van der Waals surface area contributed by atoms with Crippen LogP contribution in [0.25, 0.3) is 237 Å². The zero-order chi connectivity index (χ0) is 95.3. The van der Waals surface area contributed by atoms with Crippen LogP contribution in [0.15, 0.2) is 516 Å². The average Bonchev–Trinajstić information content (AvgIpc) is 1.59. The molecule has 0 bridgehead atoms. The van der Waals surface area contributed by atoms with Gasteiger partial charge in [-0.25, -0.2) is 0 Å². The predicted molar refractivity (Wildman–Crippen MR) is 607 cm³/mol. The van der Waals surface area contributed by atoms with Crippen molar-refractivity contribution in [1.29, 1.82) is 0 Å². The van der Waals surface area contributed by atoms with E-state index in [1.54, 1.807) is 0 Å². The fourth-order valence-corrected chi connectivity index (χ4v) is 22.6. The Bertz CT molecular complexity index is 9240. The molecule has 0 N–H and O–H groups in total.